The molecular formula is C19H32N2O4S. The fourth-order valence-electron chi connectivity index (χ4n) is 4.78. The van der Waals surface area contributed by atoms with E-state index in [1.54, 1.807) is 0 Å². The van der Waals surface area contributed by atoms with Crippen molar-refractivity contribution >= 4 is 21.7 Å². The van der Waals surface area contributed by atoms with Crippen molar-refractivity contribution in [3.05, 3.63) is 0 Å². The summed E-state index contributed by atoms with van der Waals surface area (Å²) < 4.78 is 23.0. The van der Waals surface area contributed by atoms with Crippen molar-refractivity contribution in [1.82, 2.24) is 10.2 Å². The van der Waals surface area contributed by atoms with E-state index in [9.17, 15) is 18.0 Å². The Hall–Kier alpha value is -1.11. The molecule has 2 atom stereocenters. The molecule has 26 heavy (non-hydrogen) atoms. The van der Waals surface area contributed by atoms with Gasteiger partial charge in [0.1, 0.15) is 0 Å². The highest BCUT2D eigenvalue weighted by molar-refractivity contribution is 7.91. The number of sulfone groups is 1. The van der Waals surface area contributed by atoms with Gasteiger partial charge in [0.2, 0.25) is 11.8 Å². The molecule has 2 amide bonds. The molecule has 0 spiro atoms. The van der Waals surface area contributed by atoms with E-state index in [1.807, 2.05) is 0 Å². The molecule has 0 aromatic carbocycles. The maximum absolute atomic E-state index is 12.9. The van der Waals surface area contributed by atoms with Crippen LogP contribution in [0.4, 0.5) is 0 Å². The summed E-state index contributed by atoms with van der Waals surface area (Å²) in [6.07, 6.45) is 7.97. The van der Waals surface area contributed by atoms with Gasteiger partial charge in [-0.1, -0.05) is 6.92 Å². The molecule has 3 rings (SSSR count). The van der Waals surface area contributed by atoms with Gasteiger partial charge in [-0.05, 0) is 57.8 Å². The Labute approximate surface area is 157 Å². The molecule has 2 saturated heterocycles. The molecule has 3 fully saturated rings. The number of hydrogen-bond donors (Lipinski definition) is 1. The molecule has 1 aliphatic carbocycles. The van der Waals surface area contributed by atoms with Crippen molar-refractivity contribution < 1.29 is 18.0 Å². The van der Waals surface area contributed by atoms with Crippen LogP contribution in [-0.4, -0.2) is 55.3 Å². The predicted octanol–water partition coefficient (Wildman–Crippen LogP) is 1.89. The van der Waals surface area contributed by atoms with Gasteiger partial charge in [-0.25, -0.2) is 8.42 Å². The van der Waals surface area contributed by atoms with Crippen LogP contribution >= 0.6 is 0 Å². The van der Waals surface area contributed by atoms with Crippen LogP contribution in [0.2, 0.25) is 0 Å². The van der Waals surface area contributed by atoms with Gasteiger partial charge >= 0.3 is 0 Å². The SMILES string of the molecule is CCC1CCCCN1C(=O)C1CCC(C(=O)NC2CCS(=O)(=O)C2)CC1. The topological polar surface area (TPSA) is 83.6 Å². The van der Waals surface area contributed by atoms with Crippen molar-refractivity contribution in [2.24, 2.45) is 11.8 Å². The Kier molecular flexibility index (Phi) is 6.25. The molecule has 6 nitrogen and oxygen atoms in total. The molecule has 2 aliphatic heterocycles. The number of amides is 2. The highest BCUT2D eigenvalue weighted by Crippen LogP contribution is 2.32. The third kappa shape index (κ3) is 4.59. The summed E-state index contributed by atoms with van der Waals surface area (Å²) in [4.78, 5) is 27.4. The van der Waals surface area contributed by atoms with Gasteiger partial charge in [0.25, 0.3) is 0 Å². The molecule has 0 aromatic heterocycles. The second-order valence-corrected chi connectivity index (χ2v) is 10.5. The minimum absolute atomic E-state index is 0.0255. The number of piperidine rings is 1. The summed E-state index contributed by atoms with van der Waals surface area (Å²) in [5.74, 6) is 0.483. The zero-order valence-corrected chi connectivity index (χ0v) is 16.6. The minimum Gasteiger partial charge on any atom is -0.352 e. The van der Waals surface area contributed by atoms with Crippen molar-refractivity contribution in [2.75, 3.05) is 18.1 Å². The molecular weight excluding hydrogens is 352 g/mol. The number of rotatable bonds is 4. The average molecular weight is 385 g/mol. The number of carbonyl (C=O) groups is 2. The smallest absolute Gasteiger partial charge is 0.225 e. The Morgan fingerprint density at radius 2 is 1.69 bits per heavy atom. The van der Waals surface area contributed by atoms with Crippen LogP contribution in [0.1, 0.15) is 64.7 Å². The Morgan fingerprint density at radius 3 is 2.31 bits per heavy atom. The monoisotopic (exact) mass is 384 g/mol. The van der Waals surface area contributed by atoms with Gasteiger partial charge in [0.05, 0.1) is 11.5 Å². The van der Waals surface area contributed by atoms with Gasteiger partial charge in [-0.2, -0.15) is 0 Å². The third-order valence-corrected chi connectivity index (χ3v) is 8.18. The number of nitrogens with zero attached hydrogens (tertiary/aromatic N) is 1. The molecule has 0 bridgehead atoms. The maximum atomic E-state index is 12.9. The molecule has 3 aliphatic rings. The third-order valence-electron chi connectivity index (χ3n) is 6.41. The Balaban J connectivity index is 1.47. The van der Waals surface area contributed by atoms with Gasteiger partial charge < -0.3 is 10.2 Å². The molecule has 2 heterocycles. The second-order valence-electron chi connectivity index (χ2n) is 8.25. The molecule has 0 radical (unpaired) electrons. The van der Waals surface area contributed by atoms with Crippen LogP contribution < -0.4 is 5.32 Å². The number of likely N-dealkylation sites (tertiary alicyclic amines) is 1. The zero-order valence-electron chi connectivity index (χ0n) is 15.8. The van der Waals surface area contributed by atoms with E-state index < -0.39 is 9.84 Å². The lowest BCUT2D eigenvalue weighted by atomic mass is 9.80. The second kappa shape index (κ2) is 8.28. The van der Waals surface area contributed by atoms with Gasteiger partial charge in [-0.15, -0.1) is 0 Å². The van der Waals surface area contributed by atoms with E-state index in [1.165, 1.54) is 6.42 Å². The van der Waals surface area contributed by atoms with E-state index in [2.05, 4.69) is 17.1 Å². The van der Waals surface area contributed by atoms with Crippen molar-refractivity contribution in [3.8, 4) is 0 Å². The van der Waals surface area contributed by atoms with E-state index >= 15 is 0 Å². The lowest BCUT2D eigenvalue weighted by Gasteiger charge is -2.39. The summed E-state index contributed by atoms with van der Waals surface area (Å²) in [5, 5.41) is 2.91. The minimum atomic E-state index is -2.98. The Morgan fingerprint density at radius 1 is 1.00 bits per heavy atom. The quantitative estimate of drug-likeness (QED) is 0.802. The van der Waals surface area contributed by atoms with Crippen LogP contribution in [0.3, 0.4) is 0 Å². The van der Waals surface area contributed by atoms with Crippen LogP contribution in [0.5, 0.6) is 0 Å². The summed E-state index contributed by atoms with van der Waals surface area (Å²) in [6.45, 7) is 3.04. The number of nitrogens with one attached hydrogen (secondary N) is 1. The normalized spacial score (nSPS) is 34.4. The van der Waals surface area contributed by atoms with Crippen LogP contribution in [0.15, 0.2) is 0 Å². The lowest BCUT2D eigenvalue weighted by Crippen LogP contribution is -2.47. The summed E-state index contributed by atoms with van der Waals surface area (Å²) >= 11 is 0. The van der Waals surface area contributed by atoms with E-state index in [0.29, 0.717) is 12.5 Å². The molecule has 7 heteroatoms. The zero-order chi connectivity index (χ0) is 18.7. The van der Waals surface area contributed by atoms with Gasteiger partial charge in [0.15, 0.2) is 9.84 Å². The standard InChI is InChI=1S/C19H32N2O4S/c1-2-17-5-3-4-11-21(17)19(23)15-8-6-14(7-9-15)18(22)20-16-10-12-26(24,25)13-16/h14-17H,2-13H2,1H3,(H,20,22). The first-order chi connectivity index (χ1) is 12.4. The average Bonchev–Trinajstić information content (AvgIpc) is 2.99. The first-order valence-electron chi connectivity index (χ1n) is 10.2. The highest BCUT2D eigenvalue weighted by Gasteiger charge is 2.36. The Bertz CT molecular complexity index is 625. The molecule has 0 aromatic rings. The lowest BCUT2D eigenvalue weighted by molar-refractivity contribution is -0.142. The molecule has 1 N–H and O–H groups in total. The van der Waals surface area contributed by atoms with E-state index in [4.69, 9.17) is 0 Å². The van der Waals surface area contributed by atoms with Crippen LogP contribution in [0, 0.1) is 11.8 Å². The fourth-order valence-corrected chi connectivity index (χ4v) is 6.45. The van der Waals surface area contributed by atoms with E-state index in [0.717, 1.165) is 51.5 Å². The van der Waals surface area contributed by atoms with Crippen molar-refractivity contribution in [3.63, 3.8) is 0 Å². The fraction of sp³-hybridized carbons (Fsp3) is 0.895. The number of carbonyl (C=O) groups excluding carboxylic acids is 2. The summed E-state index contributed by atoms with van der Waals surface area (Å²) in [7, 11) is -2.98. The van der Waals surface area contributed by atoms with Crippen molar-refractivity contribution in [2.45, 2.75) is 76.8 Å². The van der Waals surface area contributed by atoms with Gasteiger partial charge in [-0.3, -0.25) is 9.59 Å². The van der Waals surface area contributed by atoms with Crippen molar-refractivity contribution in [1.29, 1.82) is 0 Å². The van der Waals surface area contributed by atoms with Gasteiger partial charge in [0, 0.05) is 30.5 Å². The highest BCUT2D eigenvalue weighted by atomic mass is 32.2. The van der Waals surface area contributed by atoms with Crippen LogP contribution in [-0.2, 0) is 19.4 Å². The summed E-state index contributed by atoms with van der Waals surface area (Å²) in [6, 6.07) is 0.159. The molecule has 2 unspecified atom stereocenters. The first kappa shape index (κ1) is 19.6. The molecule has 1 saturated carbocycles. The predicted molar refractivity (Wildman–Crippen MR) is 100 cm³/mol. The number of hydrogen-bond acceptors (Lipinski definition) is 4. The molecule has 148 valence electrons. The largest absolute Gasteiger partial charge is 0.352 e. The van der Waals surface area contributed by atoms with E-state index in [-0.39, 0.29) is 41.2 Å². The summed E-state index contributed by atoms with van der Waals surface area (Å²) in [5.41, 5.74) is 0. The first-order valence-corrected chi connectivity index (χ1v) is 12.0. The van der Waals surface area contributed by atoms with Crippen LogP contribution in [0.25, 0.3) is 0 Å². The maximum Gasteiger partial charge on any atom is 0.225 e.